The molecule has 0 spiro atoms. The summed E-state index contributed by atoms with van der Waals surface area (Å²) < 4.78 is 62.5. The van der Waals surface area contributed by atoms with E-state index in [0.29, 0.717) is 12.8 Å². The molecule has 314 valence electrons. The van der Waals surface area contributed by atoms with Gasteiger partial charge in [0.25, 0.3) is 7.82 Å². The van der Waals surface area contributed by atoms with Crippen molar-refractivity contribution in [2.24, 2.45) is 0 Å². The number of hydrogen-bond donors (Lipinski definition) is 3. The van der Waals surface area contributed by atoms with Crippen molar-refractivity contribution in [2.45, 2.75) is 172 Å². The van der Waals surface area contributed by atoms with Crippen LogP contribution in [0.5, 0.6) is 0 Å². The molecule has 0 saturated heterocycles. The van der Waals surface area contributed by atoms with E-state index in [-0.39, 0.29) is 161 Å². The van der Waals surface area contributed by atoms with Crippen molar-refractivity contribution >= 4 is 35.4 Å². The number of aliphatic hydroxyl groups is 3. The average molecular weight is 941 g/mol. The van der Waals surface area contributed by atoms with Gasteiger partial charge in [-0.05, 0) is 12.8 Å². The zero-order valence-electron chi connectivity index (χ0n) is 35.4. The molecule has 1 aliphatic carbocycles. The van der Waals surface area contributed by atoms with Crippen LogP contribution in [0.15, 0.2) is 0 Å². The van der Waals surface area contributed by atoms with E-state index in [4.69, 9.17) is 9.47 Å². The predicted molar refractivity (Wildman–Crippen MR) is 177 cm³/mol. The van der Waals surface area contributed by atoms with Gasteiger partial charge in [-0.2, -0.15) is 0 Å². The minimum Gasteiger partial charge on any atom is -0.790 e. The molecular weight excluding hydrogens is 884 g/mol. The molecule has 0 aromatic heterocycles. The third kappa shape index (κ3) is 34.5. The third-order valence-electron chi connectivity index (χ3n) is 8.36. The Balaban J connectivity index is -0.00000187. The predicted octanol–water partition coefficient (Wildman–Crippen LogP) is -14.1. The summed E-state index contributed by atoms with van der Waals surface area (Å²) in [7, 11) is -17.9. The molecule has 0 aromatic carbocycles. The molecule has 1 fully saturated rings. The molecule has 1 saturated carbocycles. The number of ether oxygens (including phenoxy) is 2. The quantitative estimate of drug-likeness (QED) is 0.0261. The Morgan fingerprint density at radius 2 is 0.879 bits per heavy atom. The first kappa shape index (κ1) is 71.2. The maximum Gasteiger partial charge on any atom is 1.00 e. The fraction of sp³-hybridized carbons (Fsp3) is 0.935. The van der Waals surface area contributed by atoms with Gasteiger partial charge in [0.1, 0.15) is 43.2 Å². The van der Waals surface area contributed by atoms with Gasteiger partial charge < -0.3 is 76.5 Å². The Morgan fingerprint density at radius 1 is 0.517 bits per heavy atom. The minimum atomic E-state index is -6.07. The first-order valence-electron chi connectivity index (χ1n) is 18.2. The van der Waals surface area contributed by atoms with Gasteiger partial charge in [0.2, 0.25) is 0 Å². The van der Waals surface area contributed by atoms with Gasteiger partial charge in [-0.1, -0.05) is 104 Å². The number of carbonyl (C=O) groups excluding carboxylic acids is 2. The van der Waals surface area contributed by atoms with Gasteiger partial charge in [0.15, 0.2) is 6.10 Å². The molecule has 3 N–H and O–H groups in total. The summed E-state index contributed by atoms with van der Waals surface area (Å²) >= 11 is 0. The van der Waals surface area contributed by atoms with Crippen molar-refractivity contribution in [3.8, 4) is 0 Å². The number of carbonyl (C=O) groups is 2. The number of phosphoric acid groups is 3. The normalized spacial score (nSPS) is 22.0. The molecule has 27 heteroatoms. The van der Waals surface area contributed by atoms with Crippen LogP contribution in [0.2, 0.25) is 0 Å². The molecule has 0 heterocycles. The van der Waals surface area contributed by atoms with E-state index < -0.39 is 91.3 Å². The Morgan fingerprint density at radius 3 is 1.24 bits per heavy atom. The Labute approximate surface area is 453 Å². The van der Waals surface area contributed by atoms with Gasteiger partial charge in [-0.15, -0.1) is 0 Å². The molecule has 0 aromatic rings. The monoisotopic (exact) mass is 940 g/mol. The fourth-order valence-corrected chi connectivity index (χ4v) is 7.71. The van der Waals surface area contributed by atoms with Crippen LogP contribution >= 0.6 is 23.5 Å². The van der Waals surface area contributed by atoms with Crippen molar-refractivity contribution in [1.29, 1.82) is 0 Å². The minimum absolute atomic E-state index is 0. The topological polar surface area (TPSA) is 317 Å². The van der Waals surface area contributed by atoms with Crippen LogP contribution in [-0.4, -0.2) is 83.2 Å². The van der Waals surface area contributed by atoms with E-state index in [0.717, 1.165) is 25.7 Å². The first-order chi connectivity index (χ1) is 24.8. The molecule has 3 unspecified atom stereocenters. The van der Waals surface area contributed by atoms with Crippen LogP contribution in [0.25, 0.3) is 0 Å². The number of aliphatic hydroxyl groups excluding tert-OH is 3. The molecule has 0 radical (unpaired) electrons. The number of unbranched alkanes of at least 4 members (excludes halogenated alkanes) is 14. The number of rotatable bonds is 30. The van der Waals surface area contributed by atoms with Crippen LogP contribution in [0.3, 0.4) is 0 Å². The van der Waals surface area contributed by atoms with Crippen LogP contribution in [0, 0.1) is 0 Å². The zero-order valence-corrected chi connectivity index (χ0v) is 48.1. The van der Waals surface area contributed by atoms with Crippen LogP contribution in [0.1, 0.15) is 129 Å². The van der Waals surface area contributed by atoms with Crippen molar-refractivity contribution in [3.63, 3.8) is 0 Å². The largest absolute Gasteiger partial charge is 1.00 e. The number of esters is 2. The smallest absolute Gasteiger partial charge is 0.790 e. The van der Waals surface area contributed by atoms with E-state index in [2.05, 4.69) is 25.0 Å². The van der Waals surface area contributed by atoms with Crippen molar-refractivity contribution < 1.29 is 238 Å². The van der Waals surface area contributed by atoms with Crippen molar-refractivity contribution in [1.82, 2.24) is 0 Å². The summed E-state index contributed by atoms with van der Waals surface area (Å²) in [5, 5.41) is 31.0. The summed E-state index contributed by atoms with van der Waals surface area (Å²) in [6, 6.07) is 0. The van der Waals surface area contributed by atoms with E-state index in [1.807, 2.05) is 0 Å². The van der Waals surface area contributed by atoms with Crippen molar-refractivity contribution in [3.05, 3.63) is 0 Å². The Hall–Kier alpha value is 4.15. The standard InChI is InChI=1S/C31H61O19P3.5Na/c1-3-5-6-7-8-9-10-11-12-13-14-15-16-17-18-20-24(32)45-21-23(47-25(33)19-4-2)22-46-53(43,44)50-31-27(35)29(48-51(37,38)39)26(34)30(28(31)36)49-52(40,41)42;;;;;/h23,26-31,34-36H,3-22H2,1-2H3,(H,43,44)(H2,37,38,39)(H2,40,41,42);;;;;/q;5*+1/p-5/t23-,26?,27+,28+,29-,30+,31?;;;;;/m0...../s1. The maximum absolute atomic E-state index is 12.7. The summed E-state index contributed by atoms with van der Waals surface area (Å²) in [5.41, 5.74) is 0. The van der Waals surface area contributed by atoms with Crippen molar-refractivity contribution in [2.75, 3.05) is 13.2 Å². The second-order valence-electron chi connectivity index (χ2n) is 13.1. The first-order valence-corrected chi connectivity index (χ1v) is 22.6. The summed E-state index contributed by atoms with van der Waals surface area (Å²) in [6.45, 7) is 2.20. The molecule has 0 bridgehead atoms. The molecule has 0 aliphatic heterocycles. The van der Waals surface area contributed by atoms with Gasteiger partial charge in [0.05, 0.1) is 22.3 Å². The summed E-state index contributed by atoms with van der Waals surface area (Å²) in [5.74, 6) is -1.45. The van der Waals surface area contributed by atoms with E-state index in [1.54, 1.807) is 6.92 Å². The SMILES string of the molecule is CCCCCCCCCCCCCCCCCC(=O)OC[C@@H](COP(=O)([O-])OC1[C@H](O)[C@H](OP(=O)([O-])[O-])C(O)[C@H](OP(=O)([O-])[O-])[C@H]1O)OC(=O)CCC.[Na+].[Na+].[Na+].[Na+].[Na+]. The molecule has 1 rings (SSSR count). The molecule has 0 amide bonds. The van der Waals surface area contributed by atoms with Gasteiger partial charge in [-0.3, -0.25) is 14.2 Å². The second-order valence-corrected chi connectivity index (χ2v) is 16.6. The third-order valence-corrected chi connectivity index (χ3v) is 10.3. The van der Waals surface area contributed by atoms with Gasteiger partial charge in [0, 0.05) is 12.8 Å². The number of phosphoric ester groups is 3. The van der Waals surface area contributed by atoms with Crippen LogP contribution in [-0.2, 0) is 50.9 Å². The molecule has 58 heavy (non-hydrogen) atoms. The van der Waals surface area contributed by atoms with E-state index in [1.165, 1.54) is 64.2 Å². The zero-order chi connectivity index (χ0) is 40.1. The summed E-state index contributed by atoms with van der Waals surface area (Å²) in [6.07, 6.45) is -0.0238. The van der Waals surface area contributed by atoms with E-state index in [9.17, 15) is 63.1 Å². The Kier molecular flexibility index (Phi) is 48.1. The van der Waals surface area contributed by atoms with Crippen LogP contribution in [0.4, 0.5) is 0 Å². The Bertz CT molecular complexity index is 1170. The summed E-state index contributed by atoms with van der Waals surface area (Å²) in [4.78, 5) is 81.7. The number of hydrogen-bond acceptors (Lipinski definition) is 19. The molecule has 1 aliphatic rings. The molecule has 19 nitrogen and oxygen atoms in total. The fourth-order valence-electron chi connectivity index (χ4n) is 5.66. The van der Waals surface area contributed by atoms with E-state index >= 15 is 0 Å². The van der Waals surface area contributed by atoms with Gasteiger partial charge in [-0.25, -0.2) is 0 Å². The van der Waals surface area contributed by atoms with Crippen LogP contribution < -0.4 is 172 Å². The second kappa shape index (κ2) is 39.2. The molecular formula is C31H56Na5O19P3. The average Bonchev–Trinajstić information content (AvgIpc) is 3.06. The maximum atomic E-state index is 12.7. The molecule has 8 atom stereocenters. The van der Waals surface area contributed by atoms with Gasteiger partial charge >= 0.3 is 160 Å².